The molecule has 0 aliphatic carbocycles. The Kier molecular flexibility index (Phi) is 3.31. The molecule has 17 heavy (non-hydrogen) atoms. The van der Waals surface area contributed by atoms with Gasteiger partial charge in [0.15, 0.2) is 0 Å². The number of hydrogen-bond donors (Lipinski definition) is 0. The van der Waals surface area contributed by atoms with Gasteiger partial charge in [0.05, 0.1) is 18.7 Å². The first-order valence-electron chi connectivity index (χ1n) is 5.44. The number of nitriles is 1. The highest BCUT2D eigenvalue weighted by Crippen LogP contribution is 2.25. The molecule has 0 amide bonds. The average Bonchev–Trinajstić information content (AvgIpc) is 2.37. The monoisotopic (exact) mass is 245 g/mol. The second kappa shape index (κ2) is 5.46. The third-order valence-corrected chi connectivity index (χ3v) is 3.19. The normalized spacial score (nSPS) is 10.7. The number of rotatable bonds is 3. The lowest BCUT2D eigenvalue weighted by Crippen LogP contribution is -1.87. The van der Waals surface area contributed by atoms with E-state index in [-0.39, 0.29) is 6.17 Å². The van der Waals surface area contributed by atoms with Crippen molar-refractivity contribution in [2.45, 2.75) is 10.6 Å². The minimum absolute atomic E-state index is 0.202. The van der Waals surface area contributed by atoms with Crippen LogP contribution in [-0.2, 0) is 5.75 Å². The summed E-state index contributed by atoms with van der Waals surface area (Å²) < 4.78 is 21.0. The first kappa shape index (κ1) is 10.3. The third kappa shape index (κ3) is 3.05. The van der Waals surface area contributed by atoms with Crippen LogP contribution in [0.2, 0.25) is 0 Å². The van der Waals surface area contributed by atoms with Crippen LogP contribution in [0.1, 0.15) is 12.6 Å². The van der Waals surface area contributed by atoms with Crippen molar-refractivity contribution in [2.75, 3.05) is 0 Å². The van der Waals surface area contributed by atoms with Gasteiger partial charge in [-0.25, -0.2) is 4.39 Å². The third-order valence-electron chi connectivity index (χ3n) is 2.10. The van der Waals surface area contributed by atoms with E-state index in [0.717, 1.165) is 5.69 Å². The lowest BCUT2D eigenvalue weighted by molar-refractivity contribution is 0.601. The van der Waals surface area contributed by atoms with Gasteiger partial charge in [-0.3, -0.25) is 4.98 Å². The second-order valence-corrected chi connectivity index (χ2v) is 4.32. The SMILES string of the molecule is [2H]c1cccc(CSc2ccc(C#N)cc2F)n1. The summed E-state index contributed by atoms with van der Waals surface area (Å²) in [4.78, 5) is 4.50. The van der Waals surface area contributed by atoms with Gasteiger partial charge in [-0.05, 0) is 30.3 Å². The highest BCUT2D eigenvalue weighted by atomic mass is 32.2. The molecule has 1 aromatic heterocycles. The molecule has 1 aromatic carbocycles. The standard InChI is InChI=1S/C13H9FN2S/c14-12-7-10(8-15)4-5-13(12)17-9-11-3-1-2-6-16-11/h1-7H,9H2/i6D. The predicted octanol–water partition coefficient (Wildman–Crippen LogP) is 3.38. The number of nitrogens with zero attached hydrogens (tertiary/aromatic N) is 2. The molecule has 4 heteroatoms. The van der Waals surface area contributed by atoms with Gasteiger partial charge >= 0.3 is 0 Å². The van der Waals surface area contributed by atoms with Crippen molar-refractivity contribution in [3.63, 3.8) is 0 Å². The maximum atomic E-state index is 13.6. The fourth-order valence-electron chi connectivity index (χ4n) is 1.28. The molecule has 0 fully saturated rings. The Hall–Kier alpha value is -1.86. The molecule has 84 valence electrons. The van der Waals surface area contributed by atoms with Crippen LogP contribution in [-0.4, -0.2) is 4.98 Å². The molecule has 1 heterocycles. The van der Waals surface area contributed by atoms with Crippen LogP contribution in [0.5, 0.6) is 0 Å². The van der Waals surface area contributed by atoms with Crippen LogP contribution in [0.25, 0.3) is 0 Å². The minimum Gasteiger partial charge on any atom is -0.260 e. The zero-order valence-electron chi connectivity index (χ0n) is 9.85. The number of hydrogen-bond acceptors (Lipinski definition) is 3. The van der Waals surface area contributed by atoms with Gasteiger partial charge in [-0.2, -0.15) is 5.26 Å². The molecular formula is C13H9FN2S. The zero-order chi connectivity index (χ0) is 13.0. The largest absolute Gasteiger partial charge is 0.260 e. The molecule has 0 aliphatic heterocycles. The maximum Gasteiger partial charge on any atom is 0.138 e. The highest BCUT2D eigenvalue weighted by molar-refractivity contribution is 7.98. The van der Waals surface area contributed by atoms with E-state index in [2.05, 4.69) is 4.98 Å². The molecular weight excluding hydrogens is 235 g/mol. The van der Waals surface area contributed by atoms with Crippen LogP contribution >= 0.6 is 11.8 Å². The van der Waals surface area contributed by atoms with E-state index < -0.39 is 5.82 Å². The molecule has 2 rings (SSSR count). The molecule has 0 bridgehead atoms. The van der Waals surface area contributed by atoms with Gasteiger partial charge in [0.1, 0.15) is 5.82 Å². The Morgan fingerprint density at radius 2 is 2.29 bits per heavy atom. The molecule has 0 saturated carbocycles. The molecule has 0 saturated heterocycles. The minimum atomic E-state index is -0.402. The van der Waals surface area contributed by atoms with Crippen molar-refractivity contribution in [1.29, 1.82) is 5.26 Å². The Balaban J connectivity index is 2.09. The Labute approximate surface area is 105 Å². The molecule has 0 spiro atoms. The Morgan fingerprint density at radius 1 is 1.41 bits per heavy atom. The number of pyridine rings is 1. The van der Waals surface area contributed by atoms with Crippen LogP contribution in [0.4, 0.5) is 4.39 Å². The van der Waals surface area contributed by atoms with E-state index >= 15 is 0 Å². The number of thioether (sulfide) groups is 1. The van der Waals surface area contributed by atoms with E-state index in [9.17, 15) is 4.39 Å². The average molecular weight is 245 g/mol. The van der Waals surface area contributed by atoms with E-state index in [1.54, 1.807) is 30.3 Å². The van der Waals surface area contributed by atoms with Crippen molar-refractivity contribution >= 4 is 11.8 Å². The predicted molar refractivity (Wildman–Crippen MR) is 64.9 cm³/mol. The maximum absolute atomic E-state index is 13.6. The van der Waals surface area contributed by atoms with Gasteiger partial charge in [0.25, 0.3) is 0 Å². The quantitative estimate of drug-likeness (QED) is 0.778. The van der Waals surface area contributed by atoms with E-state index in [0.29, 0.717) is 16.2 Å². The Bertz CT molecular complexity index is 610. The summed E-state index contributed by atoms with van der Waals surface area (Å²) in [7, 11) is 0. The van der Waals surface area contributed by atoms with Crippen molar-refractivity contribution in [3.8, 4) is 6.07 Å². The molecule has 0 atom stereocenters. The number of halogens is 1. The molecule has 0 unspecified atom stereocenters. The zero-order valence-corrected chi connectivity index (χ0v) is 9.67. The number of benzene rings is 1. The van der Waals surface area contributed by atoms with Crippen LogP contribution in [0.3, 0.4) is 0 Å². The molecule has 2 nitrogen and oxygen atoms in total. The van der Waals surface area contributed by atoms with E-state index in [1.165, 1.54) is 17.8 Å². The van der Waals surface area contributed by atoms with Crippen LogP contribution in [0, 0.1) is 17.1 Å². The van der Waals surface area contributed by atoms with Crippen molar-refractivity contribution in [3.05, 3.63) is 59.6 Å². The van der Waals surface area contributed by atoms with Crippen molar-refractivity contribution in [1.82, 2.24) is 4.98 Å². The van der Waals surface area contributed by atoms with E-state index in [1.807, 2.05) is 6.07 Å². The summed E-state index contributed by atoms with van der Waals surface area (Å²) in [6.45, 7) is 0. The molecule has 0 aliphatic rings. The second-order valence-electron chi connectivity index (χ2n) is 3.30. The highest BCUT2D eigenvalue weighted by Gasteiger charge is 2.04. The van der Waals surface area contributed by atoms with Crippen molar-refractivity contribution < 1.29 is 5.76 Å². The molecule has 0 radical (unpaired) electrons. The van der Waals surface area contributed by atoms with Gasteiger partial charge in [-0.15, -0.1) is 11.8 Å². The lowest BCUT2D eigenvalue weighted by Gasteiger charge is -2.02. The summed E-state index contributed by atoms with van der Waals surface area (Å²) in [6.07, 6.45) is 0.202. The molecule has 0 N–H and O–H groups in total. The summed E-state index contributed by atoms with van der Waals surface area (Å²) in [5.74, 6) is 0.0938. The summed E-state index contributed by atoms with van der Waals surface area (Å²) >= 11 is 1.30. The van der Waals surface area contributed by atoms with Crippen molar-refractivity contribution in [2.24, 2.45) is 0 Å². The van der Waals surface area contributed by atoms with Crippen LogP contribution < -0.4 is 0 Å². The fourth-order valence-corrected chi connectivity index (χ4v) is 2.10. The van der Waals surface area contributed by atoms with Gasteiger partial charge in [0, 0.05) is 16.8 Å². The van der Waals surface area contributed by atoms with Gasteiger partial charge in [-0.1, -0.05) is 6.07 Å². The summed E-state index contributed by atoms with van der Waals surface area (Å²) in [6, 6.07) is 11.4. The summed E-state index contributed by atoms with van der Waals surface area (Å²) in [5.41, 5.74) is 1.04. The topological polar surface area (TPSA) is 36.7 Å². The fraction of sp³-hybridized carbons (Fsp3) is 0.0769. The van der Waals surface area contributed by atoms with Crippen LogP contribution in [0.15, 0.2) is 47.5 Å². The first-order chi connectivity index (χ1) is 8.69. The number of aromatic nitrogens is 1. The lowest BCUT2D eigenvalue weighted by atomic mass is 10.2. The molecule has 2 aromatic rings. The van der Waals surface area contributed by atoms with Gasteiger partial charge < -0.3 is 0 Å². The summed E-state index contributed by atoms with van der Waals surface area (Å²) in [5, 5.41) is 8.64. The van der Waals surface area contributed by atoms with Gasteiger partial charge in [0.2, 0.25) is 0 Å². The smallest absolute Gasteiger partial charge is 0.138 e. The van der Waals surface area contributed by atoms with E-state index in [4.69, 9.17) is 6.63 Å². The Morgan fingerprint density at radius 3 is 3.00 bits per heavy atom. The first-order valence-corrected chi connectivity index (χ1v) is 5.92.